The summed E-state index contributed by atoms with van der Waals surface area (Å²) in [5.74, 6) is 0.464. The van der Waals surface area contributed by atoms with Gasteiger partial charge in [0.15, 0.2) is 5.69 Å². The van der Waals surface area contributed by atoms with Gasteiger partial charge >= 0.3 is 5.97 Å². The molecule has 104 valence electrons. The van der Waals surface area contributed by atoms with Crippen molar-refractivity contribution in [2.45, 2.75) is 0 Å². The van der Waals surface area contributed by atoms with Gasteiger partial charge in [-0.3, -0.25) is 0 Å². The molecule has 1 N–H and O–H groups in total. The third kappa shape index (κ3) is 3.29. The van der Waals surface area contributed by atoms with Crippen LogP contribution in [0.25, 0.3) is 0 Å². The highest BCUT2D eigenvalue weighted by Gasteiger charge is 2.11. The van der Waals surface area contributed by atoms with Crippen LogP contribution < -0.4 is 9.47 Å². The molecule has 0 aliphatic heterocycles. The van der Waals surface area contributed by atoms with Crippen LogP contribution >= 0.6 is 31.9 Å². The summed E-state index contributed by atoms with van der Waals surface area (Å²) in [5.41, 5.74) is -0.0776. The lowest BCUT2D eigenvalue weighted by Gasteiger charge is -2.11. The predicted molar refractivity (Wildman–Crippen MR) is 79.7 cm³/mol. The zero-order valence-corrected chi connectivity index (χ0v) is 13.4. The number of hydrogen-bond donors (Lipinski definition) is 1. The van der Waals surface area contributed by atoms with Crippen molar-refractivity contribution >= 4 is 37.8 Å². The van der Waals surface area contributed by atoms with Crippen LogP contribution in [0, 0.1) is 0 Å². The van der Waals surface area contributed by atoms with E-state index in [9.17, 15) is 4.79 Å². The molecule has 0 aliphatic carbocycles. The summed E-state index contributed by atoms with van der Waals surface area (Å²) in [6, 6.07) is 6.41. The van der Waals surface area contributed by atoms with Crippen molar-refractivity contribution in [3.8, 4) is 17.2 Å². The molecule has 0 atom stereocenters. The molecule has 20 heavy (non-hydrogen) atoms. The number of carboxylic acids is 1. The number of benzene rings is 1. The van der Waals surface area contributed by atoms with E-state index in [1.807, 2.05) is 0 Å². The zero-order valence-electron chi connectivity index (χ0n) is 10.3. The average molecular weight is 403 g/mol. The number of ether oxygens (including phenoxy) is 2. The second-order valence-corrected chi connectivity index (χ2v) is 5.41. The number of hydrogen-bond acceptors (Lipinski definition) is 4. The summed E-state index contributed by atoms with van der Waals surface area (Å²) in [7, 11) is 1.56. The molecule has 2 aromatic rings. The number of carbonyl (C=O) groups is 1. The Labute approximate surface area is 131 Å². The molecule has 7 heteroatoms. The fourth-order valence-electron chi connectivity index (χ4n) is 1.46. The average Bonchev–Trinajstić information content (AvgIpc) is 2.42. The first-order valence-corrected chi connectivity index (χ1v) is 7.00. The van der Waals surface area contributed by atoms with E-state index in [1.54, 1.807) is 25.3 Å². The quantitative estimate of drug-likeness (QED) is 0.833. The molecule has 1 aromatic heterocycles. The van der Waals surface area contributed by atoms with Crippen LogP contribution in [0.3, 0.4) is 0 Å². The Morgan fingerprint density at radius 2 is 1.85 bits per heavy atom. The molecule has 2 rings (SSSR count). The molecule has 0 aliphatic rings. The number of pyridine rings is 1. The maximum absolute atomic E-state index is 10.9. The van der Waals surface area contributed by atoms with E-state index < -0.39 is 5.97 Å². The van der Waals surface area contributed by atoms with Gasteiger partial charge in [0.1, 0.15) is 17.2 Å². The largest absolute Gasteiger partial charge is 0.496 e. The van der Waals surface area contributed by atoms with Crippen molar-refractivity contribution in [1.82, 2.24) is 4.98 Å². The molecule has 0 saturated heterocycles. The standard InChI is InChI=1S/C13H9Br2NO4/c1-19-11-5-9(15)12(6-8(11)14)20-7-2-3-16-10(4-7)13(17)18/h2-6H,1H3,(H,17,18). The van der Waals surface area contributed by atoms with Crippen LogP contribution in [-0.2, 0) is 0 Å². The van der Waals surface area contributed by atoms with Crippen molar-refractivity contribution in [3.05, 3.63) is 45.1 Å². The number of aromatic nitrogens is 1. The Balaban J connectivity index is 2.32. The smallest absolute Gasteiger partial charge is 0.354 e. The Kier molecular flexibility index (Phi) is 4.61. The Hall–Kier alpha value is -1.60. The molecule has 0 unspecified atom stereocenters. The SMILES string of the molecule is COc1cc(Br)c(Oc2ccnc(C(=O)O)c2)cc1Br. The van der Waals surface area contributed by atoms with E-state index >= 15 is 0 Å². The molecule has 1 heterocycles. The molecule has 0 saturated carbocycles. The van der Waals surface area contributed by atoms with E-state index in [-0.39, 0.29) is 5.69 Å². The predicted octanol–water partition coefficient (Wildman–Crippen LogP) is 4.11. The zero-order chi connectivity index (χ0) is 14.7. The van der Waals surface area contributed by atoms with Crippen molar-refractivity contribution < 1.29 is 19.4 Å². The van der Waals surface area contributed by atoms with Gasteiger partial charge < -0.3 is 14.6 Å². The summed E-state index contributed by atoms with van der Waals surface area (Å²) in [4.78, 5) is 14.6. The van der Waals surface area contributed by atoms with Gasteiger partial charge in [-0.05, 0) is 50.1 Å². The summed E-state index contributed by atoms with van der Waals surface area (Å²) < 4.78 is 12.2. The van der Waals surface area contributed by atoms with Crippen LogP contribution in [0.2, 0.25) is 0 Å². The fraction of sp³-hybridized carbons (Fsp3) is 0.0769. The first kappa shape index (κ1) is 14.8. The first-order chi connectivity index (χ1) is 9.51. The van der Waals surface area contributed by atoms with Gasteiger partial charge in [-0.25, -0.2) is 9.78 Å². The highest BCUT2D eigenvalue weighted by molar-refractivity contribution is 9.11. The monoisotopic (exact) mass is 401 g/mol. The van der Waals surface area contributed by atoms with Gasteiger partial charge in [0, 0.05) is 12.3 Å². The topological polar surface area (TPSA) is 68.7 Å². The second-order valence-electron chi connectivity index (χ2n) is 3.70. The number of methoxy groups -OCH3 is 1. The number of nitrogens with zero attached hydrogens (tertiary/aromatic N) is 1. The fourth-order valence-corrected chi connectivity index (χ4v) is 2.35. The first-order valence-electron chi connectivity index (χ1n) is 5.41. The van der Waals surface area contributed by atoms with Crippen molar-refractivity contribution in [2.75, 3.05) is 7.11 Å². The Morgan fingerprint density at radius 1 is 1.20 bits per heavy atom. The van der Waals surface area contributed by atoms with E-state index in [1.165, 1.54) is 12.3 Å². The van der Waals surface area contributed by atoms with Gasteiger partial charge in [-0.15, -0.1) is 0 Å². The minimum Gasteiger partial charge on any atom is -0.496 e. The maximum atomic E-state index is 10.9. The van der Waals surface area contributed by atoms with Crippen LogP contribution in [0.5, 0.6) is 17.2 Å². The van der Waals surface area contributed by atoms with E-state index in [4.69, 9.17) is 14.6 Å². The second kappa shape index (κ2) is 6.23. The van der Waals surface area contributed by atoms with E-state index in [2.05, 4.69) is 36.8 Å². The van der Waals surface area contributed by atoms with Crippen LogP contribution in [0.1, 0.15) is 10.5 Å². The van der Waals surface area contributed by atoms with Gasteiger partial charge in [-0.1, -0.05) is 0 Å². The molecule has 1 aromatic carbocycles. The van der Waals surface area contributed by atoms with Gasteiger partial charge in [0.25, 0.3) is 0 Å². The Bertz CT molecular complexity index is 661. The van der Waals surface area contributed by atoms with Gasteiger partial charge in [0.05, 0.1) is 16.1 Å². The van der Waals surface area contributed by atoms with Crippen LogP contribution in [0.4, 0.5) is 0 Å². The lowest BCUT2D eigenvalue weighted by Crippen LogP contribution is -1.99. The summed E-state index contributed by atoms with van der Waals surface area (Å²) in [5, 5.41) is 8.89. The minimum atomic E-state index is -1.11. The molecule has 0 radical (unpaired) electrons. The van der Waals surface area contributed by atoms with E-state index in [0.29, 0.717) is 21.7 Å². The maximum Gasteiger partial charge on any atom is 0.354 e. The lowest BCUT2D eigenvalue weighted by atomic mass is 10.3. The molecule has 0 bridgehead atoms. The molecule has 0 fully saturated rings. The number of carboxylic acid groups (broad SMARTS) is 1. The van der Waals surface area contributed by atoms with Gasteiger partial charge in [0.2, 0.25) is 0 Å². The van der Waals surface area contributed by atoms with Crippen LogP contribution in [0.15, 0.2) is 39.4 Å². The normalized spacial score (nSPS) is 10.2. The number of halogens is 2. The minimum absolute atomic E-state index is 0.0776. The Morgan fingerprint density at radius 3 is 2.50 bits per heavy atom. The molecule has 0 amide bonds. The number of aromatic carboxylic acids is 1. The third-order valence-electron chi connectivity index (χ3n) is 2.38. The summed E-state index contributed by atoms with van der Waals surface area (Å²) in [6.45, 7) is 0. The molecular weight excluding hydrogens is 394 g/mol. The summed E-state index contributed by atoms with van der Waals surface area (Å²) in [6.07, 6.45) is 1.38. The van der Waals surface area contributed by atoms with Crippen molar-refractivity contribution in [1.29, 1.82) is 0 Å². The third-order valence-corrected chi connectivity index (χ3v) is 3.62. The molecular formula is C13H9Br2NO4. The van der Waals surface area contributed by atoms with Crippen LogP contribution in [-0.4, -0.2) is 23.2 Å². The molecule has 0 spiro atoms. The molecule has 5 nitrogen and oxygen atoms in total. The lowest BCUT2D eigenvalue weighted by molar-refractivity contribution is 0.0690. The highest BCUT2D eigenvalue weighted by atomic mass is 79.9. The van der Waals surface area contributed by atoms with Crippen molar-refractivity contribution in [2.24, 2.45) is 0 Å². The highest BCUT2D eigenvalue weighted by Crippen LogP contribution is 2.38. The number of rotatable bonds is 4. The van der Waals surface area contributed by atoms with Crippen molar-refractivity contribution in [3.63, 3.8) is 0 Å². The summed E-state index contributed by atoms with van der Waals surface area (Å²) >= 11 is 6.73. The van der Waals surface area contributed by atoms with E-state index in [0.717, 1.165) is 4.47 Å². The van der Waals surface area contributed by atoms with Gasteiger partial charge in [-0.2, -0.15) is 0 Å².